The Morgan fingerprint density at radius 2 is 1.56 bits per heavy atom. The van der Waals surface area contributed by atoms with Crippen LogP contribution < -0.4 is 0 Å². The van der Waals surface area contributed by atoms with Crippen LogP contribution in [0, 0.1) is 0 Å². The van der Waals surface area contributed by atoms with Crippen molar-refractivity contribution < 1.29 is 9.59 Å². The highest BCUT2D eigenvalue weighted by atomic mass is 16.1. The van der Waals surface area contributed by atoms with Crippen LogP contribution in [-0.4, -0.2) is 11.6 Å². The normalized spacial score (nSPS) is 11.0. The Bertz CT molecular complexity index is 254. The van der Waals surface area contributed by atoms with Crippen molar-refractivity contribution in [3.05, 3.63) is 12.2 Å². The van der Waals surface area contributed by atoms with Gasteiger partial charge in [-0.1, -0.05) is 45.1 Å². The van der Waals surface area contributed by atoms with Gasteiger partial charge in [-0.2, -0.15) is 0 Å². The van der Waals surface area contributed by atoms with Crippen molar-refractivity contribution in [2.24, 2.45) is 0 Å². The van der Waals surface area contributed by atoms with Crippen molar-refractivity contribution in [3.63, 3.8) is 0 Å². The van der Waals surface area contributed by atoms with E-state index in [0.717, 1.165) is 6.42 Å². The maximum Gasteiger partial charge on any atom is 0.155 e. The van der Waals surface area contributed by atoms with Crippen molar-refractivity contribution in [2.75, 3.05) is 0 Å². The summed E-state index contributed by atoms with van der Waals surface area (Å²) < 4.78 is 0. The van der Waals surface area contributed by atoms with E-state index < -0.39 is 0 Å². The molecule has 0 heterocycles. The van der Waals surface area contributed by atoms with Crippen molar-refractivity contribution in [1.29, 1.82) is 0 Å². The predicted molar refractivity (Wildman–Crippen MR) is 76.7 cm³/mol. The number of ketones is 2. The average Bonchev–Trinajstić information content (AvgIpc) is 2.32. The van der Waals surface area contributed by atoms with E-state index >= 15 is 0 Å². The fourth-order valence-corrected chi connectivity index (χ4v) is 1.85. The van der Waals surface area contributed by atoms with E-state index in [4.69, 9.17) is 0 Å². The van der Waals surface area contributed by atoms with Gasteiger partial charge in [-0.3, -0.25) is 4.79 Å². The zero-order valence-electron chi connectivity index (χ0n) is 12.0. The molecule has 0 fully saturated rings. The van der Waals surface area contributed by atoms with E-state index in [0.29, 0.717) is 19.3 Å². The molecule has 18 heavy (non-hydrogen) atoms. The van der Waals surface area contributed by atoms with Gasteiger partial charge >= 0.3 is 0 Å². The maximum atomic E-state index is 11.4. The minimum absolute atomic E-state index is 0.155. The highest BCUT2D eigenvalue weighted by Crippen LogP contribution is 2.07. The number of unbranched alkanes of at least 4 members (excludes halogenated alkanes) is 6. The number of carbonyl (C=O) groups excluding carboxylic acids is 2. The molecule has 0 rings (SSSR count). The molecular weight excluding hydrogens is 224 g/mol. The van der Waals surface area contributed by atoms with E-state index in [2.05, 4.69) is 6.92 Å². The summed E-state index contributed by atoms with van der Waals surface area (Å²) in [5.74, 6) is 0.320. The summed E-state index contributed by atoms with van der Waals surface area (Å²) in [5, 5.41) is 0. The Morgan fingerprint density at radius 3 is 2.22 bits per heavy atom. The Hall–Kier alpha value is -0.920. The fraction of sp³-hybridized carbons (Fsp3) is 0.750. The lowest BCUT2D eigenvalue weighted by molar-refractivity contribution is -0.117. The highest BCUT2D eigenvalue weighted by Gasteiger charge is 1.98. The molecule has 0 aliphatic rings. The van der Waals surface area contributed by atoms with Gasteiger partial charge in [0.25, 0.3) is 0 Å². The summed E-state index contributed by atoms with van der Waals surface area (Å²) in [6.07, 6.45) is 14.1. The molecule has 0 aromatic rings. The molecule has 0 spiro atoms. The van der Waals surface area contributed by atoms with Crippen molar-refractivity contribution >= 4 is 11.6 Å². The highest BCUT2D eigenvalue weighted by molar-refractivity contribution is 5.89. The van der Waals surface area contributed by atoms with Crippen LogP contribution in [-0.2, 0) is 9.59 Å². The standard InChI is InChI=1S/C16H28O2/c1-3-4-5-6-7-8-9-10-13-16(18)14-11-12-15(2)17/h10,13H,3-9,11-12,14H2,1-2H3/b13-10-. The average molecular weight is 252 g/mol. The van der Waals surface area contributed by atoms with E-state index in [1.807, 2.05) is 6.08 Å². The van der Waals surface area contributed by atoms with Crippen LogP contribution in [0.2, 0.25) is 0 Å². The first-order chi connectivity index (χ1) is 8.66. The number of allylic oxidation sites excluding steroid dienone is 2. The third-order valence-corrected chi connectivity index (χ3v) is 2.98. The first-order valence-electron chi connectivity index (χ1n) is 7.35. The van der Waals surface area contributed by atoms with Gasteiger partial charge in [0.15, 0.2) is 5.78 Å². The third-order valence-electron chi connectivity index (χ3n) is 2.98. The van der Waals surface area contributed by atoms with E-state index in [1.54, 1.807) is 13.0 Å². The van der Waals surface area contributed by atoms with Gasteiger partial charge in [0.05, 0.1) is 0 Å². The van der Waals surface area contributed by atoms with Crippen LogP contribution in [0.3, 0.4) is 0 Å². The molecule has 0 saturated carbocycles. The second-order valence-corrected chi connectivity index (χ2v) is 4.98. The molecule has 0 saturated heterocycles. The SMILES string of the molecule is CCCCCCCC/C=C\C(=O)CCCC(C)=O. The van der Waals surface area contributed by atoms with Crippen LogP contribution in [0.1, 0.15) is 78.1 Å². The van der Waals surface area contributed by atoms with Gasteiger partial charge in [-0.25, -0.2) is 0 Å². The summed E-state index contributed by atoms with van der Waals surface area (Å²) in [6.45, 7) is 3.79. The minimum Gasteiger partial charge on any atom is -0.300 e. The molecule has 0 aromatic heterocycles. The number of carbonyl (C=O) groups is 2. The summed E-state index contributed by atoms with van der Waals surface area (Å²) in [6, 6.07) is 0. The molecule has 0 unspecified atom stereocenters. The Kier molecular flexibility index (Phi) is 11.9. The molecule has 0 radical (unpaired) electrons. The van der Waals surface area contributed by atoms with E-state index in [-0.39, 0.29) is 11.6 Å². The molecule has 0 aromatic carbocycles. The van der Waals surface area contributed by atoms with Gasteiger partial charge in [0, 0.05) is 12.8 Å². The molecule has 0 amide bonds. The van der Waals surface area contributed by atoms with Gasteiger partial charge in [0.1, 0.15) is 5.78 Å². The fourth-order valence-electron chi connectivity index (χ4n) is 1.85. The predicted octanol–water partition coefficient (Wildman–Crippen LogP) is 4.62. The summed E-state index contributed by atoms with van der Waals surface area (Å²) in [4.78, 5) is 22.1. The maximum absolute atomic E-state index is 11.4. The Morgan fingerprint density at radius 1 is 0.889 bits per heavy atom. The summed E-state index contributed by atoms with van der Waals surface area (Å²) in [7, 11) is 0. The van der Waals surface area contributed by atoms with Crippen molar-refractivity contribution in [2.45, 2.75) is 78.1 Å². The first-order valence-corrected chi connectivity index (χ1v) is 7.35. The first kappa shape index (κ1) is 17.1. The van der Waals surface area contributed by atoms with Crippen LogP contribution in [0.15, 0.2) is 12.2 Å². The number of hydrogen-bond acceptors (Lipinski definition) is 2. The summed E-state index contributed by atoms with van der Waals surface area (Å²) in [5.41, 5.74) is 0. The van der Waals surface area contributed by atoms with Gasteiger partial charge in [-0.05, 0) is 32.3 Å². The van der Waals surface area contributed by atoms with Gasteiger partial charge in [0.2, 0.25) is 0 Å². The smallest absolute Gasteiger partial charge is 0.155 e. The zero-order chi connectivity index (χ0) is 13.6. The van der Waals surface area contributed by atoms with Crippen molar-refractivity contribution in [3.8, 4) is 0 Å². The molecular formula is C16H28O2. The lowest BCUT2D eigenvalue weighted by atomic mass is 10.1. The van der Waals surface area contributed by atoms with Gasteiger partial charge < -0.3 is 4.79 Å². The topological polar surface area (TPSA) is 34.1 Å². The Labute approximate surface area is 112 Å². The molecule has 2 heteroatoms. The molecule has 104 valence electrons. The minimum atomic E-state index is 0.155. The Balaban J connectivity index is 3.35. The van der Waals surface area contributed by atoms with Crippen LogP contribution in [0.25, 0.3) is 0 Å². The third kappa shape index (κ3) is 13.1. The zero-order valence-corrected chi connectivity index (χ0v) is 12.0. The molecule has 0 aliphatic carbocycles. The van der Waals surface area contributed by atoms with Crippen LogP contribution in [0.4, 0.5) is 0 Å². The quantitative estimate of drug-likeness (QED) is 0.375. The number of rotatable bonds is 12. The van der Waals surface area contributed by atoms with Crippen LogP contribution >= 0.6 is 0 Å². The lowest BCUT2D eigenvalue weighted by Gasteiger charge is -1.97. The summed E-state index contributed by atoms with van der Waals surface area (Å²) >= 11 is 0. The molecule has 0 aliphatic heterocycles. The monoisotopic (exact) mass is 252 g/mol. The second-order valence-electron chi connectivity index (χ2n) is 4.98. The lowest BCUT2D eigenvalue weighted by Crippen LogP contribution is -1.96. The van der Waals surface area contributed by atoms with Crippen LogP contribution in [0.5, 0.6) is 0 Å². The van der Waals surface area contributed by atoms with Gasteiger partial charge in [-0.15, -0.1) is 0 Å². The largest absolute Gasteiger partial charge is 0.300 e. The second kappa shape index (κ2) is 12.5. The van der Waals surface area contributed by atoms with E-state index in [1.165, 1.54) is 38.5 Å². The van der Waals surface area contributed by atoms with Crippen molar-refractivity contribution in [1.82, 2.24) is 0 Å². The molecule has 2 nitrogen and oxygen atoms in total. The number of Topliss-reactive ketones (excluding diaryl/α,β-unsaturated/α-hetero) is 1. The van der Waals surface area contributed by atoms with E-state index in [9.17, 15) is 9.59 Å². The molecule has 0 bridgehead atoms. The molecule has 0 atom stereocenters. The number of hydrogen-bond donors (Lipinski definition) is 0. The molecule has 0 N–H and O–H groups in total.